The molecule has 0 bridgehead atoms. The molecule has 1 aromatic heterocycles. The second-order valence-electron chi connectivity index (χ2n) is 5.60. The van der Waals surface area contributed by atoms with Crippen LogP contribution in [0.15, 0.2) is 4.47 Å². The van der Waals surface area contributed by atoms with Crippen LogP contribution in [0, 0.1) is 13.8 Å². The number of hydrogen-bond acceptors (Lipinski definition) is 3. The quantitative estimate of drug-likeness (QED) is 0.881. The van der Waals surface area contributed by atoms with E-state index in [0.717, 1.165) is 28.7 Å². The number of hydrogen-bond donors (Lipinski definition) is 2. The maximum absolute atomic E-state index is 11.7. The van der Waals surface area contributed by atoms with Gasteiger partial charge >= 0.3 is 5.97 Å². The number of aliphatic carboxylic acids is 1. The van der Waals surface area contributed by atoms with Crippen molar-refractivity contribution in [1.29, 1.82) is 0 Å². The molecular formula is C14H22BrN3O2. The molecule has 0 radical (unpaired) electrons. The molecule has 1 heterocycles. The van der Waals surface area contributed by atoms with E-state index in [2.05, 4.69) is 26.3 Å². The van der Waals surface area contributed by atoms with Crippen molar-refractivity contribution in [2.45, 2.75) is 58.0 Å². The topological polar surface area (TPSA) is 67.2 Å². The molecule has 1 aliphatic rings. The normalized spacial score (nSPS) is 26.7. The molecule has 0 aliphatic heterocycles. The van der Waals surface area contributed by atoms with E-state index < -0.39 is 11.5 Å². The van der Waals surface area contributed by atoms with Gasteiger partial charge in [0.2, 0.25) is 0 Å². The average molecular weight is 344 g/mol. The van der Waals surface area contributed by atoms with E-state index in [-0.39, 0.29) is 6.04 Å². The fourth-order valence-electron chi connectivity index (χ4n) is 3.22. The second-order valence-corrected chi connectivity index (χ2v) is 6.39. The van der Waals surface area contributed by atoms with Gasteiger partial charge in [0.25, 0.3) is 0 Å². The standard InChI is InChI=1S/C14H22BrN3O2/c1-4-16-14(13(19)20)7-5-6-11(8-14)18-10(3)12(15)9(2)17-18/h11,16H,4-8H2,1-3H3,(H,19,20). The lowest BCUT2D eigenvalue weighted by Gasteiger charge is -2.38. The number of aryl methyl sites for hydroxylation is 1. The van der Waals surface area contributed by atoms with Gasteiger partial charge < -0.3 is 10.4 Å². The molecule has 0 saturated heterocycles. The minimum atomic E-state index is -0.809. The molecule has 1 aliphatic carbocycles. The van der Waals surface area contributed by atoms with Crippen LogP contribution in [-0.4, -0.2) is 32.9 Å². The Morgan fingerprint density at radius 1 is 1.60 bits per heavy atom. The molecule has 1 fully saturated rings. The number of nitrogens with zero attached hydrogens (tertiary/aromatic N) is 2. The zero-order valence-corrected chi connectivity index (χ0v) is 13.8. The van der Waals surface area contributed by atoms with Crippen LogP contribution in [0.3, 0.4) is 0 Å². The van der Waals surface area contributed by atoms with E-state index in [1.54, 1.807) is 0 Å². The van der Waals surface area contributed by atoms with E-state index in [0.29, 0.717) is 19.4 Å². The van der Waals surface area contributed by atoms with Gasteiger partial charge in [0, 0.05) is 0 Å². The summed E-state index contributed by atoms with van der Waals surface area (Å²) in [5.74, 6) is -0.746. The molecule has 2 atom stereocenters. The number of carboxylic acid groups (broad SMARTS) is 1. The zero-order chi connectivity index (χ0) is 14.9. The number of nitrogens with one attached hydrogen (secondary N) is 1. The number of rotatable bonds is 4. The van der Waals surface area contributed by atoms with E-state index in [1.165, 1.54) is 0 Å². The van der Waals surface area contributed by atoms with Crippen LogP contribution in [0.4, 0.5) is 0 Å². The summed E-state index contributed by atoms with van der Waals surface area (Å²) < 4.78 is 3.01. The highest BCUT2D eigenvalue weighted by atomic mass is 79.9. The molecule has 20 heavy (non-hydrogen) atoms. The third-order valence-corrected chi connectivity index (χ3v) is 5.38. The van der Waals surface area contributed by atoms with Gasteiger partial charge in [-0.25, -0.2) is 0 Å². The summed E-state index contributed by atoms with van der Waals surface area (Å²) in [7, 11) is 0. The molecule has 1 saturated carbocycles. The minimum absolute atomic E-state index is 0.142. The van der Waals surface area contributed by atoms with Crippen LogP contribution in [0.5, 0.6) is 0 Å². The van der Waals surface area contributed by atoms with Crippen molar-refractivity contribution < 1.29 is 9.90 Å². The van der Waals surface area contributed by atoms with Crippen LogP contribution in [0.25, 0.3) is 0 Å². The number of carboxylic acids is 1. The van der Waals surface area contributed by atoms with Crippen LogP contribution < -0.4 is 5.32 Å². The molecule has 5 nitrogen and oxygen atoms in total. The average Bonchev–Trinajstić information content (AvgIpc) is 2.67. The Bertz CT molecular complexity index is 511. The molecule has 2 unspecified atom stereocenters. The summed E-state index contributed by atoms with van der Waals surface area (Å²) in [5.41, 5.74) is 1.22. The van der Waals surface area contributed by atoms with Gasteiger partial charge in [-0.15, -0.1) is 0 Å². The lowest BCUT2D eigenvalue weighted by atomic mass is 9.79. The van der Waals surface area contributed by atoms with Crippen molar-refractivity contribution in [2.24, 2.45) is 0 Å². The Morgan fingerprint density at radius 3 is 2.80 bits per heavy atom. The lowest BCUT2D eigenvalue weighted by molar-refractivity contribution is -0.147. The van der Waals surface area contributed by atoms with Crippen molar-refractivity contribution in [3.05, 3.63) is 15.9 Å². The molecule has 2 rings (SSSR count). The van der Waals surface area contributed by atoms with Crippen molar-refractivity contribution in [1.82, 2.24) is 15.1 Å². The SMILES string of the molecule is CCNC1(C(=O)O)CCCC(n2nc(C)c(Br)c2C)C1. The van der Waals surface area contributed by atoms with E-state index in [1.807, 2.05) is 25.5 Å². The molecule has 1 aromatic rings. The first-order chi connectivity index (χ1) is 9.41. The molecule has 0 amide bonds. The van der Waals surface area contributed by atoms with Gasteiger partial charge in [-0.05, 0) is 62.0 Å². The van der Waals surface area contributed by atoms with E-state index >= 15 is 0 Å². The van der Waals surface area contributed by atoms with Gasteiger partial charge in [-0.3, -0.25) is 9.48 Å². The molecule has 2 N–H and O–H groups in total. The highest BCUT2D eigenvalue weighted by Gasteiger charge is 2.43. The summed E-state index contributed by atoms with van der Waals surface area (Å²) in [6.45, 7) is 6.60. The fraction of sp³-hybridized carbons (Fsp3) is 0.714. The first kappa shape index (κ1) is 15.5. The van der Waals surface area contributed by atoms with Gasteiger partial charge in [0.05, 0.1) is 21.9 Å². The van der Waals surface area contributed by atoms with Crippen molar-refractivity contribution in [3.8, 4) is 0 Å². The number of halogens is 1. The summed E-state index contributed by atoms with van der Waals surface area (Å²) in [5, 5.41) is 17.4. The Balaban J connectivity index is 2.29. The second kappa shape index (κ2) is 5.85. The third-order valence-electron chi connectivity index (χ3n) is 4.23. The lowest BCUT2D eigenvalue weighted by Crippen LogP contribution is -2.55. The molecule has 0 aromatic carbocycles. The van der Waals surface area contributed by atoms with Gasteiger partial charge in [-0.2, -0.15) is 5.10 Å². The van der Waals surface area contributed by atoms with Crippen molar-refractivity contribution in [2.75, 3.05) is 6.54 Å². The highest BCUT2D eigenvalue weighted by molar-refractivity contribution is 9.10. The van der Waals surface area contributed by atoms with Crippen LogP contribution in [-0.2, 0) is 4.79 Å². The summed E-state index contributed by atoms with van der Waals surface area (Å²) in [6, 6.07) is 0.142. The minimum Gasteiger partial charge on any atom is -0.480 e. The van der Waals surface area contributed by atoms with E-state index in [9.17, 15) is 9.90 Å². The molecule has 0 spiro atoms. The maximum atomic E-state index is 11.7. The van der Waals surface area contributed by atoms with Crippen molar-refractivity contribution >= 4 is 21.9 Å². The Morgan fingerprint density at radius 2 is 2.30 bits per heavy atom. The van der Waals surface area contributed by atoms with Crippen molar-refractivity contribution in [3.63, 3.8) is 0 Å². The first-order valence-electron chi connectivity index (χ1n) is 7.11. The number of carbonyl (C=O) groups is 1. The van der Waals surface area contributed by atoms with Gasteiger partial charge in [-0.1, -0.05) is 6.92 Å². The Hall–Kier alpha value is -0.880. The predicted molar refractivity (Wildman–Crippen MR) is 80.9 cm³/mol. The fourth-order valence-corrected chi connectivity index (χ4v) is 3.48. The number of likely N-dealkylation sites (N-methyl/N-ethyl adjacent to an activating group) is 1. The monoisotopic (exact) mass is 343 g/mol. The van der Waals surface area contributed by atoms with Crippen LogP contribution >= 0.6 is 15.9 Å². The Labute approximate surface area is 127 Å². The molecule has 112 valence electrons. The molecule has 6 heteroatoms. The summed E-state index contributed by atoms with van der Waals surface area (Å²) >= 11 is 3.54. The smallest absolute Gasteiger partial charge is 0.323 e. The first-order valence-corrected chi connectivity index (χ1v) is 7.90. The highest BCUT2D eigenvalue weighted by Crippen LogP contribution is 2.37. The Kier molecular flexibility index (Phi) is 4.54. The largest absolute Gasteiger partial charge is 0.480 e. The summed E-state index contributed by atoms with van der Waals surface area (Å²) in [6.07, 6.45) is 3.16. The van der Waals surface area contributed by atoms with Crippen LogP contribution in [0.2, 0.25) is 0 Å². The third kappa shape index (κ3) is 2.63. The van der Waals surface area contributed by atoms with Gasteiger partial charge in [0.1, 0.15) is 5.54 Å². The maximum Gasteiger partial charge on any atom is 0.323 e. The molecular weight excluding hydrogens is 322 g/mol. The number of aromatic nitrogens is 2. The predicted octanol–water partition coefficient (Wildman–Crippen LogP) is 2.81. The zero-order valence-electron chi connectivity index (χ0n) is 12.2. The van der Waals surface area contributed by atoms with Crippen LogP contribution in [0.1, 0.15) is 50.0 Å². The van der Waals surface area contributed by atoms with E-state index in [4.69, 9.17) is 0 Å². The summed E-state index contributed by atoms with van der Waals surface area (Å²) in [4.78, 5) is 11.7. The van der Waals surface area contributed by atoms with Gasteiger partial charge in [0.15, 0.2) is 0 Å².